The van der Waals surface area contributed by atoms with Gasteiger partial charge in [-0.25, -0.2) is 8.78 Å². The van der Waals surface area contributed by atoms with Crippen LogP contribution in [0.3, 0.4) is 0 Å². The molecular weight excluding hydrogens is 322 g/mol. The van der Waals surface area contributed by atoms with Crippen molar-refractivity contribution in [3.8, 4) is 5.75 Å². The number of halogens is 2. The summed E-state index contributed by atoms with van der Waals surface area (Å²) in [5, 5.41) is 10.5. The summed E-state index contributed by atoms with van der Waals surface area (Å²) in [5.41, 5.74) is 1.36. The highest BCUT2D eigenvalue weighted by atomic mass is 19.1. The van der Waals surface area contributed by atoms with E-state index in [2.05, 4.69) is 0 Å². The number of rotatable bonds is 6. The Morgan fingerprint density at radius 1 is 0.800 bits per heavy atom. The van der Waals surface area contributed by atoms with Crippen LogP contribution in [0.4, 0.5) is 8.78 Å². The van der Waals surface area contributed by atoms with Crippen LogP contribution in [-0.4, -0.2) is 5.11 Å². The molecule has 0 aliphatic carbocycles. The first-order chi connectivity index (χ1) is 12.1. The lowest BCUT2D eigenvalue weighted by Crippen LogP contribution is -2.08. The standard InChI is InChI=1S/C21H18F2O2/c22-18-10-6-11-19(23)17(18)13-20(24)16-9-4-5-12-21(16)25-14-15-7-2-1-3-8-15/h1-12,20,24H,13-14H2. The Labute approximate surface area is 145 Å². The molecule has 0 spiro atoms. The van der Waals surface area contributed by atoms with E-state index in [1.165, 1.54) is 18.2 Å². The molecule has 1 atom stereocenters. The minimum Gasteiger partial charge on any atom is -0.489 e. The lowest BCUT2D eigenvalue weighted by molar-refractivity contribution is 0.168. The average Bonchev–Trinajstić information content (AvgIpc) is 2.64. The van der Waals surface area contributed by atoms with E-state index in [0.29, 0.717) is 17.9 Å². The Balaban J connectivity index is 1.78. The van der Waals surface area contributed by atoms with E-state index in [4.69, 9.17) is 4.74 Å². The van der Waals surface area contributed by atoms with Gasteiger partial charge in [-0.05, 0) is 23.8 Å². The second-order valence-electron chi connectivity index (χ2n) is 5.73. The van der Waals surface area contributed by atoms with Gasteiger partial charge in [-0.2, -0.15) is 0 Å². The molecular formula is C21H18F2O2. The molecule has 25 heavy (non-hydrogen) atoms. The van der Waals surface area contributed by atoms with E-state index < -0.39 is 17.7 Å². The molecule has 0 saturated heterocycles. The van der Waals surface area contributed by atoms with Gasteiger partial charge in [0.2, 0.25) is 0 Å². The number of ether oxygens (including phenoxy) is 1. The maximum atomic E-state index is 13.8. The van der Waals surface area contributed by atoms with Crippen LogP contribution in [0, 0.1) is 11.6 Å². The first-order valence-electron chi connectivity index (χ1n) is 8.02. The van der Waals surface area contributed by atoms with Gasteiger partial charge >= 0.3 is 0 Å². The predicted octanol–water partition coefficient (Wildman–Crippen LogP) is 4.82. The minimum absolute atomic E-state index is 0.132. The number of hydrogen-bond acceptors (Lipinski definition) is 2. The van der Waals surface area contributed by atoms with E-state index >= 15 is 0 Å². The van der Waals surface area contributed by atoms with Crippen molar-refractivity contribution in [1.82, 2.24) is 0 Å². The minimum atomic E-state index is -1.07. The van der Waals surface area contributed by atoms with Crippen molar-refractivity contribution in [3.63, 3.8) is 0 Å². The fourth-order valence-electron chi connectivity index (χ4n) is 2.65. The predicted molar refractivity (Wildman–Crippen MR) is 92.2 cm³/mol. The Hall–Kier alpha value is -2.72. The smallest absolute Gasteiger partial charge is 0.129 e. The van der Waals surface area contributed by atoms with Gasteiger partial charge in [0.15, 0.2) is 0 Å². The molecule has 3 aromatic carbocycles. The highest BCUT2D eigenvalue weighted by molar-refractivity contribution is 5.36. The first-order valence-corrected chi connectivity index (χ1v) is 8.02. The molecule has 128 valence electrons. The van der Waals surface area contributed by atoms with Gasteiger partial charge in [-0.1, -0.05) is 54.6 Å². The molecule has 0 amide bonds. The number of aliphatic hydroxyl groups is 1. The van der Waals surface area contributed by atoms with Crippen molar-refractivity contribution in [2.24, 2.45) is 0 Å². The normalized spacial score (nSPS) is 12.0. The van der Waals surface area contributed by atoms with Crippen LogP contribution in [0.25, 0.3) is 0 Å². The number of para-hydroxylation sites is 1. The summed E-state index contributed by atoms with van der Waals surface area (Å²) >= 11 is 0. The summed E-state index contributed by atoms with van der Waals surface area (Å²) in [6, 6.07) is 20.3. The zero-order valence-corrected chi connectivity index (χ0v) is 13.5. The largest absolute Gasteiger partial charge is 0.489 e. The quantitative estimate of drug-likeness (QED) is 0.697. The van der Waals surface area contributed by atoms with Gasteiger partial charge in [-0.15, -0.1) is 0 Å². The van der Waals surface area contributed by atoms with Crippen LogP contribution >= 0.6 is 0 Å². The molecule has 0 saturated carbocycles. The molecule has 0 aromatic heterocycles. The highest BCUT2D eigenvalue weighted by Gasteiger charge is 2.18. The fourth-order valence-corrected chi connectivity index (χ4v) is 2.65. The van der Waals surface area contributed by atoms with Gasteiger partial charge in [0.25, 0.3) is 0 Å². The molecule has 0 fully saturated rings. The van der Waals surface area contributed by atoms with E-state index in [-0.39, 0.29) is 12.0 Å². The van der Waals surface area contributed by atoms with Crippen LogP contribution in [-0.2, 0) is 13.0 Å². The van der Waals surface area contributed by atoms with Gasteiger partial charge in [-0.3, -0.25) is 0 Å². The third-order valence-electron chi connectivity index (χ3n) is 3.97. The second-order valence-corrected chi connectivity index (χ2v) is 5.73. The summed E-state index contributed by atoms with van der Waals surface area (Å²) in [4.78, 5) is 0. The van der Waals surface area contributed by atoms with Crippen LogP contribution < -0.4 is 4.74 Å². The van der Waals surface area contributed by atoms with Gasteiger partial charge in [0.1, 0.15) is 24.0 Å². The van der Waals surface area contributed by atoms with Crippen LogP contribution in [0.1, 0.15) is 22.8 Å². The van der Waals surface area contributed by atoms with Crippen molar-refractivity contribution in [2.45, 2.75) is 19.1 Å². The van der Waals surface area contributed by atoms with Crippen LogP contribution in [0.15, 0.2) is 72.8 Å². The maximum Gasteiger partial charge on any atom is 0.129 e. The molecule has 0 radical (unpaired) electrons. The third-order valence-corrected chi connectivity index (χ3v) is 3.97. The molecule has 1 unspecified atom stereocenters. The molecule has 0 bridgehead atoms. The van der Waals surface area contributed by atoms with Gasteiger partial charge in [0, 0.05) is 17.5 Å². The van der Waals surface area contributed by atoms with Crippen LogP contribution in [0.2, 0.25) is 0 Å². The molecule has 3 rings (SSSR count). The fraction of sp³-hybridized carbons (Fsp3) is 0.143. The van der Waals surface area contributed by atoms with Crippen molar-refractivity contribution >= 4 is 0 Å². The summed E-state index contributed by atoms with van der Waals surface area (Å²) < 4.78 is 33.4. The van der Waals surface area contributed by atoms with Gasteiger partial charge < -0.3 is 9.84 Å². The maximum absolute atomic E-state index is 13.8. The molecule has 0 heterocycles. The number of aliphatic hydroxyl groups excluding tert-OH is 1. The average molecular weight is 340 g/mol. The number of benzene rings is 3. The van der Waals surface area contributed by atoms with E-state index in [1.54, 1.807) is 24.3 Å². The molecule has 0 aliphatic heterocycles. The molecule has 2 nitrogen and oxygen atoms in total. The Kier molecular flexibility index (Phi) is 5.41. The van der Waals surface area contributed by atoms with Crippen molar-refractivity contribution in [1.29, 1.82) is 0 Å². The Bertz CT molecular complexity index is 814. The lowest BCUT2D eigenvalue weighted by atomic mass is 10.00. The van der Waals surface area contributed by atoms with E-state index in [9.17, 15) is 13.9 Å². The van der Waals surface area contributed by atoms with Crippen molar-refractivity contribution in [2.75, 3.05) is 0 Å². The van der Waals surface area contributed by atoms with Crippen LogP contribution in [0.5, 0.6) is 5.75 Å². The Morgan fingerprint density at radius 2 is 1.44 bits per heavy atom. The SMILES string of the molecule is OC(Cc1c(F)cccc1F)c1ccccc1OCc1ccccc1. The topological polar surface area (TPSA) is 29.5 Å². The number of hydrogen-bond donors (Lipinski definition) is 1. The monoisotopic (exact) mass is 340 g/mol. The zero-order valence-electron chi connectivity index (χ0n) is 13.5. The molecule has 1 N–H and O–H groups in total. The van der Waals surface area contributed by atoms with Crippen molar-refractivity contribution < 1.29 is 18.6 Å². The Morgan fingerprint density at radius 3 is 2.16 bits per heavy atom. The molecule has 4 heteroatoms. The van der Waals surface area contributed by atoms with E-state index in [1.807, 2.05) is 30.3 Å². The summed E-state index contributed by atoms with van der Waals surface area (Å²) in [5.74, 6) is -0.834. The van der Waals surface area contributed by atoms with E-state index in [0.717, 1.165) is 5.56 Å². The second kappa shape index (κ2) is 7.90. The van der Waals surface area contributed by atoms with Gasteiger partial charge in [0.05, 0.1) is 6.10 Å². The van der Waals surface area contributed by atoms with Crippen molar-refractivity contribution in [3.05, 3.63) is 101 Å². The zero-order chi connectivity index (χ0) is 17.6. The lowest BCUT2D eigenvalue weighted by Gasteiger charge is -2.17. The summed E-state index contributed by atoms with van der Waals surface area (Å²) in [6.45, 7) is 0.346. The third kappa shape index (κ3) is 4.22. The summed E-state index contributed by atoms with van der Waals surface area (Å²) in [6.07, 6.45) is -1.23. The highest BCUT2D eigenvalue weighted by Crippen LogP contribution is 2.29. The first kappa shape index (κ1) is 17.1. The molecule has 0 aliphatic rings. The molecule has 3 aromatic rings. The summed E-state index contributed by atoms with van der Waals surface area (Å²) in [7, 11) is 0.